The van der Waals surface area contributed by atoms with Crippen molar-refractivity contribution in [1.82, 2.24) is 10.3 Å². The Balaban J connectivity index is 1.99. The fourth-order valence-electron chi connectivity index (χ4n) is 3.37. The van der Waals surface area contributed by atoms with Gasteiger partial charge in [0.05, 0.1) is 0 Å². The Morgan fingerprint density at radius 2 is 2.15 bits per heavy atom. The number of pyridine rings is 1. The summed E-state index contributed by atoms with van der Waals surface area (Å²) in [7, 11) is 0. The molecule has 4 nitrogen and oxygen atoms in total. The number of rotatable bonds is 5. The smallest absolute Gasteiger partial charge is 0.273 e. The van der Waals surface area contributed by atoms with E-state index in [1.807, 2.05) is 0 Å². The van der Waals surface area contributed by atoms with Crippen molar-refractivity contribution in [2.45, 2.75) is 46.0 Å². The Labute approximate surface area is 120 Å². The number of carbonyl (C=O) groups is 1. The van der Waals surface area contributed by atoms with Crippen LogP contribution in [-0.4, -0.2) is 22.5 Å². The number of carbonyl (C=O) groups excluding carboxylic acids is 1. The van der Waals surface area contributed by atoms with Crippen LogP contribution in [0.15, 0.2) is 18.3 Å². The third kappa shape index (κ3) is 3.50. The van der Waals surface area contributed by atoms with E-state index in [-0.39, 0.29) is 22.8 Å². The summed E-state index contributed by atoms with van der Waals surface area (Å²) in [6.45, 7) is 5.14. The molecule has 0 aromatic carbocycles. The van der Waals surface area contributed by atoms with E-state index in [9.17, 15) is 9.90 Å². The van der Waals surface area contributed by atoms with E-state index in [0.717, 1.165) is 6.42 Å². The van der Waals surface area contributed by atoms with Crippen molar-refractivity contribution in [1.29, 1.82) is 0 Å². The van der Waals surface area contributed by atoms with Gasteiger partial charge in [-0.05, 0) is 42.7 Å². The molecule has 0 atom stereocenters. The van der Waals surface area contributed by atoms with Gasteiger partial charge in [-0.2, -0.15) is 0 Å². The van der Waals surface area contributed by atoms with Crippen LogP contribution in [0.3, 0.4) is 0 Å². The summed E-state index contributed by atoms with van der Waals surface area (Å²) in [5.41, 5.74) is 0.346. The Morgan fingerprint density at radius 1 is 1.45 bits per heavy atom. The van der Waals surface area contributed by atoms with Gasteiger partial charge in [-0.1, -0.05) is 26.7 Å². The lowest BCUT2D eigenvalue weighted by molar-refractivity contribution is 0.0914. The zero-order chi connectivity index (χ0) is 14.6. The lowest BCUT2D eigenvalue weighted by Crippen LogP contribution is -2.37. The molecule has 0 aliphatic heterocycles. The molecule has 0 bridgehead atoms. The summed E-state index contributed by atoms with van der Waals surface area (Å²) >= 11 is 0. The molecular weight excluding hydrogens is 252 g/mol. The number of hydrogen-bond donors (Lipinski definition) is 2. The van der Waals surface area contributed by atoms with Gasteiger partial charge in [-0.25, -0.2) is 4.98 Å². The summed E-state index contributed by atoms with van der Waals surface area (Å²) in [5.74, 6) is 0.292. The van der Waals surface area contributed by atoms with Gasteiger partial charge in [0.1, 0.15) is 5.75 Å². The average Bonchev–Trinajstić information content (AvgIpc) is 2.84. The van der Waals surface area contributed by atoms with Crippen LogP contribution in [0.4, 0.5) is 0 Å². The van der Waals surface area contributed by atoms with Gasteiger partial charge < -0.3 is 10.4 Å². The Kier molecular flexibility index (Phi) is 4.63. The van der Waals surface area contributed by atoms with Crippen LogP contribution < -0.4 is 5.32 Å². The van der Waals surface area contributed by atoms with Crippen molar-refractivity contribution < 1.29 is 9.90 Å². The zero-order valence-electron chi connectivity index (χ0n) is 12.4. The highest BCUT2D eigenvalue weighted by atomic mass is 16.3. The van der Waals surface area contributed by atoms with E-state index in [2.05, 4.69) is 24.1 Å². The first kappa shape index (κ1) is 14.8. The number of aromatic hydroxyl groups is 1. The lowest BCUT2D eigenvalue weighted by atomic mass is 9.78. The van der Waals surface area contributed by atoms with Gasteiger partial charge in [0.25, 0.3) is 5.91 Å². The van der Waals surface area contributed by atoms with E-state index in [1.54, 1.807) is 6.07 Å². The standard InChI is InChI=1S/C16H24N2O2/c1-12(2)10-16(7-3-4-8-16)11-18-15(20)14-13(19)6-5-9-17-14/h5-6,9,12,19H,3-4,7-8,10-11H2,1-2H3,(H,18,20). The maximum Gasteiger partial charge on any atom is 0.273 e. The highest BCUT2D eigenvalue weighted by molar-refractivity contribution is 5.94. The molecule has 1 heterocycles. The maximum absolute atomic E-state index is 12.1. The van der Waals surface area contributed by atoms with Crippen LogP contribution in [0.25, 0.3) is 0 Å². The van der Waals surface area contributed by atoms with Crippen molar-refractivity contribution in [3.8, 4) is 5.75 Å². The van der Waals surface area contributed by atoms with Crippen LogP contribution in [0.2, 0.25) is 0 Å². The number of amides is 1. The fraction of sp³-hybridized carbons (Fsp3) is 0.625. The second kappa shape index (κ2) is 6.25. The molecule has 1 amide bonds. The molecule has 1 aromatic rings. The van der Waals surface area contributed by atoms with Crippen LogP contribution in [-0.2, 0) is 0 Å². The topological polar surface area (TPSA) is 62.2 Å². The molecule has 1 aliphatic carbocycles. The largest absolute Gasteiger partial charge is 0.505 e. The molecule has 0 radical (unpaired) electrons. The Bertz CT molecular complexity index is 465. The first-order chi connectivity index (χ1) is 9.52. The number of nitrogens with one attached hydrogen (secondary N) is 1. The monoisotopic (exact) mass is 276 g/mol. The van der Waals surface area contributed by atoms with E-state index >= 15 is 0 Å². The van der Waals surface area contributed by atoms with E-state index < -0.39 is 0 Å². The Morgan fingerprint density at radius 3 is 2.75 bits per heavy atom. The highest BCUT2D eigenvalue weighted by Gasteiger charge is 2.34. The molecule has 0 unspecified atom stereocenters. The molecule has 0 spiro atoms. The predicted molar refractivity (Wildman–Crippen MR) is 78.6 cm³/mol. The van der Waals surface area contributed by atoms with Crippen molar-refractivity contribution >= 4 is 5.91 Å². The molecule has 0 saturated heterocycles. The molecule has 110 valence electrons. The fourth-order valence-corrected chi connectivity index (χ4v) is 3.37. The van der Waals surface area contributed by atoms with Crippen LogP contribution in [0.5, 0.6) is 5.75 Å². The third-order valence-corrected chi connectivity index (χ3v) is 4.13. The number of aromatic nitrogens is 1. The predicted octanol–water partition coefficient (Wildman–Crippen LogP) is 3.12. The number of hydrogen-bond acceptors (Lipinski definition) is 3. The van der Waals surface area contributed by atoms with Gasteiger partial charge in [0.15, 0.2) is 5.69 Å². The molecule has 1 fully saturated rings. The summed E-state index contributed by atoms with van der Waals surface area (Å²) in [6.07, 6.45) is 7.52. The molecule has 1 aromatic heterocycles. The van der Waals surface area contributed by atoms with Crippen molar-refractivity contribution in [2.75, 3.05) is 6.54 Å². The lowest BCUT2D eigenvalue weighted by Gasteiger charge is -2.31. The van der Waals surface area contributed by atoms with Crippen LogP contribution in [0, 0.1) is 11.3 Å². The van der Waals surface area contributed by atoms with Gasteiger partial charge in [0.2, 0.25) is 0 Å². The highest BCUT2D eigenvalue weighted by Crippen LogP contribution is 2.42. The summed E-state index contributed by atoms with van der Waals surface area (Å²) in [6, 6.07) is 3.10. The summed E-state index contributed by atoms with van der Waals surface area (Å²) in [4.78, 5) is 16.1. The molecule has 1 saturated carbocycles. The molecule has 4 heteroatoms. The number of nitrogens with zero attached hydrogens (tertiary/aromatic N) is 1. The van der Waals surface area contributed by atoms with Crippen LogP contribution in [0.1, 0.15) is 56.4 Å². The zero-order valence-corrected chi connectivity index (χ0v) is 12.4. The quantitative estimate of drug-likeness (QED) is 0.868. The average molecular weight is 276 g/mol. The van der Waals surface area contributed by atoms with Gasteiger partial charge >= 0.3 is 0 Å². The third-order valence-electron chi connectivity index (χ3n) is 4.13. The van der Waals surface area contributed by atoms with E-state index in [4.69, 9.17) is 0 Å². The summed E-state index contributed by atoms with van der Waals surface area (Å²) in [5, 5.41) is 12.6. The normalized spacial score (nSPS) is 17.4. The maximum atomic E-state index is 12.1. The van der Waals surface area contributed by atoms with Gasteiger partial charge in [0, 0.05) is 12.7 Å². The minimum atomic E-state index is -0.280. The first-order valence-corrected chi connectivity index (χ1v) is 7.45. The van der Waals surface area contributed by atoms with Gasteiger partial charge in [-0.15, -0.1) is 0 Å². The molecule has 1 aliphatic rings. The SMILES string of the molecule is CC(C)CC1(CNC(=O)c2ncccc2O)CCCC1. The van der Waals surface area contributed by atoms with E-state index in [1.165, 1.54) is 37.9 Å². The molecule has 20 heavy (non-hydrogen) atoms. The molecule has 2 rings (SSSR count). The second-order valence-corrected chi connectivity index (χ2v) is 6.36. The van der Waals surface area contributed by atoms with E-state index in [0.29, 0.717) is 12.5 Å². The van der Waals surface area contributed by atoms with Crippen LogP contribution >= 0.6 is 0 Å². The molecular formula is C16H24N2O2. The molecule has 2 N–H and O–H groups in total. The minimum absolute atomic E-state index is 0.0608. The van der Waals surface area contributed by atoms with Crippen molar-refractivity contribution in [2.24, 2.45) is 11.3 Å². The minimum Gasteiger partial charge on any atom is -0.505 e. The Hall–Kier alpha value is -1.58. The van der Waals surface area contributed by atoms with Crippen molar-refractivity contribution in [3.05, 3.63) is 24.0 Å². The van der Waals surface area contributed by atoms with Crippen molar-refractivity contribution in [3.63, 3.8) is 0 Å². The van der Waals surface area contributed by atoms with Gasteiger partial charge in [-0.3, -0.25) is 4.79 Å². The second-order valence-electron chi connectivity index (χ2n) is 6.36. The summed E-state index contributed by atoms with van der Waals surface area (Å²) < 4.78 is 0. The first-order valence-electron chi connectivity index (χ1n) is 7.45.